The third-order valence-electron chi connectivity index (χ3n) is 3.52. The lowest BCUT2D eigenvalue weighted by molar-refractivity contribution is 0.403. The summed E-state index contributed by atoms with van der Waals surface area (Å²) in [6.45, 7) is 3.84. The van der Waals surface area contributed by atoms with Gasteiger partial charge in [0.05, 0.1) is 13.2 Å². The van der Waals surface area contributed by atoms with Crippen LogP contribution in [0.2, 0.25) is 5.02 Å². The van der Waals surface area contributed by atoms with Crippen molar-refractivity contribution in [1.82, 2.24) is 0 Å². The van der Waals surface area contributed by atoms with Crippen molar-refractivity contribution in [3.05, 3.63) is 61.8 Å². The summed E-state index contributed by atoms with van der Waals surface area (Å²) in [4.78, 5) is 0. The first-order chi connectivity index (χ1) is 9.86. The quantitative estimate of drug-likeness (QED) is 0.830. The van der Waals surface area contributed by atoms with Crippen molar-refractivity contribution >= 4 is 27.5 Å². The van der Waals surface area contributed by atoms with Crippen molar-refractivity contribution in [1.29, 1.82) is 0 Å². The van der Waals surface area contributed by atoms with Gasteiger partial charge in [-0.2, -0.15) is 0 Å². The number of nitrogens with two attached hydrogens (primary N) is 1. The zero-order valence-corrected chi connectivity index (χ0v) is 14.3. The molecule has 0 fully saturated rings. The van der Waals surface area contributed by atoms with Crippen LogP contribution in [0.3, 0.4) is 0 Å². The predicted molar refractivity (Wildman–Crippen MR) is 87.6 cm³/mol. The van der Waals surface area contributed by atoms with E-state index in [1.807, 2.05) is 19.9 Å². The number of hydrogen-bond donors (Lipinski definition) is 1. The summed E-state index contributed by atoms with van der Waals surface area (Å²) < 4.78 is 20.5. The van der Waals surface area contributed by atoms with E-state index in [-0.39, 0.29) is 5.82 Å². The highest BCUT2D eigenvalue weighted by atomic mass is 79.9. The summed E-state index contributed by atoms with van der Waals surface area (Å²) in [5, 5.41) is 0.449. The van der Waals surface area contributed by atoms with E-state index in [2.05, 4.69) is 15.9 Å². The lowest BCUT2D eigenvalue weighted by Gasteiger charge is -2.22. The van der Waals surface area contributed by atoms with Gasteiger partial charge in [-0.15, -0.1) is 0 Å². The fourth-order valence-electron chi connectivity index (χ4n) is 2.43. The topological polar surface area (TPSA) is 35.2 Å². The van der Waals surface area contributed by atoms with E-state index in [0.29, 0.717) is 16.3 Å². The third kappa shape index (κ3) is 3.07. The molecule has 0 spiro atoms. The van der Waals surface area contributed by atoms with Gasteiger partial charge in [0.1, 0.15) is 11.6 Å². The second kappa shape index (κ2) is 6.34. The number of methoxy groups -OCH3 is 1. The van der Waals surface area contributed by atoms with E-state index in [4.69, 9.17) is 22.1 Å². The van der Waals surface area contributed by atoms with Crippen molar-refractivity contribution in [2.45, 2.75) is 19.9 Å². The number of halogens is 3. The molecule has 21 heavy (non-hydrogen) atoms. The second-order valence-electron chi connectivity index (χ2n) is 4.89. The molecule has 0 saturated carbocycles. The van der Waals surface area contributed by atoms with Crippen molar-refractivity contribution in [3.63, 3.8) is 0 Å². The van der Waals surface area contributed by atoms with E-state index in [9.17, 15) is 4.39 Å². The summed E-state index contributed by atoms with van der Waals surface area (Å²) >= 11 is 9.46. The summed E-state index contributed by atoms with van der Waals surface area (Å²) in [6, 6.07) is 5.68. The molecule has 2 nitrogen and oxygen atoms in total. The highest BCUT2D eigenvalue weighted by molar-refractivity contribution is 9.10. The van der Waals surface area contributed by atoms with Crippen molar-refractivity contribution < 1.29 is 9.13 Å². The van der Waals surface area contributed by atoms with Crippen LogP contribution in [0.5, 0.6) is 5.75 Å². The van der Waals surface area contributed by atoms with Crippen LogP contribution in [0.25, 0.3) is 0 Å². The van der Waals surface area contributed by atoms with Gasteiger partial charge in [-0.05, 0) is 49.2 Å². The van der Waals surface area contributed by atoms with Gasteiger partial charge in [-0.1, -0.05) is 27.5 Å². The van der Waals surface area contributed by atoms with E-state index < -0.39 is 6.04 Å². The van der Waals surface area contributed by atoms with E-state index in [1.165, 1.54) is 12.1 Å². The van der Waals surface area contributed by atoms with Crippen LogP contribution in [0.4, 0.5) is 4.39 Å². The Kier molecular flexibility index (Phi) is 4.91. The Balaban J connectivity index is 2.68. The van der Waals surface area contributed by atoms with Crippen LogP contribution in [0.1, 0.15) is 28.3 Å². The maximum Gasteiger partial charge on any atom is 0.128 e. The molecule has 0 amide bonds. The molecule has 0 bridgehead atoms. The predicted octanol–water partition coefficient (Wildman–Crippen LogP) is 4.92. The molecule has 0 aliphatic heterocycles. The molecule has 112 valence electrons. The smallest absolute Gasteiger partial charge is 0.128 e. The van der Waals surface area contributed by atoms with Crippen LogP contribution in [-0.4, -0.2) is 7.11 Å². The highest BCUT2D eigenvalue weighted by Crippen LogP contribution is 2.38. The summed E-state index contributed by atoms with van der Waals surface area (Å²) in [6.07, 6.45) is 0. The van der Waals surface area contributed by atoms with E-state index >= 15 is 0 Å². The van der Waals surface area contributed by atoms with Crippen molar-refractivity contribution in [2.75, 3.05) is 7.11 Å². The summed E-state index contributed by atoms with van der Waals surface area (Å²) in [5.41, 5.74) is 9.26. The molecular weight excluding hydrogens is 357 g/mol. The molecule has 0 aromatic heterocycles. The standard InChI is InChI=1S/C16H16BrClFNO/c1-8-6-12(17)9(2)14(16(8)21-3)15(20)11-7-10(18)4-5-13(11)19/h4-7,15H,20H2,1-3H3. The van der Waals surface area contributed by atoms with Crippen LogP contribution in [0, 0.1) is 19.7 Å². The summed E-state index contributed by atoms with van der Waals surface area (Å²) in [5.74, 6) is 0.286. The molecule has 0 heterocycles. The third-order valence-corrected chi connectivity index (χ3v) is 4.58. The van der Waals surface area contributed by atoms with Crippen LogP contribution in [-0.2, 0) is 0 Å². The minimum atomic E-state index is -0.658. The van der Waals surface area contributed by atoms with Gasteiger partial charge in [0, 0.05) is 20.6 Å². The number of rotatable bonds is 3. The van der Waals surface area contributed by atoms with Crippen LogP contribution < -0.4 is 10.5 Å². The maximum absolute atomic E-state index is 14.1. The van der Waals surface area contributed by atoms with Crippen molar-refractivity contribution in [3.8, 4) is 5.75 Å². The molecule has 2 rings (SSSR count). The minimum Gasteiger partial charge on any atom is -0.496 e. The lowest BCUT2D eigenvalue weighted by Crippen LogP contribution is -2.17. The Morgan fingerprint density at radius 3 is 2.57 bits per heavy atom. The normalized spacial score (nSPS) is 12.3. The van der Waals surface area contributed by atoms with Crippen LogP contribution in [0.15, 0.2) is 28.7 Å². The monoisotopic (exact) mass is 371 g/mol. The molecule has 5 heteroatoms. The maximum atomic E-state index is 14.1. The molecule has 0 radical (unpaired) electrons. The second-order valence-corrected chi connectivity index (χ2v) is 6.18. The molecular formula is C16H16BrClFNO. The number of benzene rings is 2. The zero-order valence-electron chi connectivity index (χ0n) is 12.0. The Morgan fingerprint density at radius 2 is 1.95 bits per heavy atom. The van der Waals surface area contributed by atoms with Gasteiger partial charge in [-0.25, -0.2) is 4.39 Å². The fourth-order valence-corrected chi connectivity index (χ4v) is 3.17. The first kappa shape index (κ1) is 16.3. The van der Waals surface area contributed by atoms with Gasteiger partial charge >= 0.3 is 0 Å². The molecule has 2 N–H and O–H groups in total. The van der Waals surface area contributed by atoms with Crippen LogP contribution >= 0.6 is 27.5 Å². The van der Waals surface area contributed by atoms with Gasteiger partial charge in [-0.3, -0.25) is 0 Å². The molecule has 0 aliphatic rings. The minimum absolute atomic E-state index is 0.349. The molecule has 1 atom stereocenters. The SMILES string of the molecule is COc1c(C)cc(Br)c(C)c1C(N)c1cc(Cl)ccc1F. The van der Waals surface area contributed by atoms with Gasteiger partial charge in [0.15, 0.2) is 0 Å². The molecule has 2 aromatic rings. The number of hydrogen-bond acceptors (Lipinski definition) is 2. The zero-order chi connectivity index (χ0) is 15.7. The molecule has 0 aliphatic carbocycles. The van der Waals surface area contributed by atoms with Crippen molar-refractivity contribution in [2.24, 2.45) is 5.73 Å². The molecule has 2 aromatic carbocycles. The first-order valence-corrected chi connectivity index (χ1v) is 7.58. The molecule has 0 saturated heterocycles. The van der Waals surface area contributed by atoms with E-state index in [1.54, 1.807) is 13.2 Å². The summed E-state index contributed by atoms with van der Waals surface area (Å²) in [7, 11) is 1.58. The Labute approximate surface area is 137 Å². The average Bonchev–Trinajstić information content (AvgIpc) is 2.44. The molecule has 1 unspecified atom stereocenters. The fraction of sp³-hybridized carbons (Fsp3) is 0.250. The first-order valence-electron chi connectivity index (χ1n) is 6.41. The van der Waals surface area contributed by atoms with Gasteiger partial charge < -0.3 is 10.5 Å². The Bertz CT molecular complexity index is 690. The van der Waals surface area contributed by atoms with E-state index in [0.717, 1.165) is 21.2 Å². The lowest BCUT2D eigenvalue weighted by atomic mass is 9.92. The number of aryl methyl sites for hydroxylation is 1. The van der Waals surface area contributed by atoms with Gasteiger partial charge in [0.25, 0.3) is 0 Å². The van der Waals surface area contributed by atoms with Gasteiger partial charge in [0.2, 0.25) is 0 Å². The highest BCUT2D eigenvalue weighted by Gasteiger charge is 2.23. The largest absolute Gasteiger partial charge is 0.496 e. The average molecular weight is 373 g/mol. The Morgan fingerprint density at radius 1 is 1.29 bits per heavy atom. The Hall–Kier alpha value is -1.10. The number of ether oxygens (including phenoxy) is 1.